The molecule has 90 heavy (non-hydrogen) atoms. The van der Waals surface area contributed by atoms with Crippen molar-refractivity contribution in [2.24, 2.45) is 0 Å². The second-order valence-electron chi connectivity index (χ2n) is 23.9. The Balaban J connectivity index is 1.08. The van der Waals surface area contributed by atoms with Crippen molar-refractivity contribution in [2.75, 3.05) is 6.61 Å². The van der Waals surface area contributed by atoms with Crippen LogP contribution in [0.3, 0.4) is 0 Å². The highest BCUT2D eigenvalue weighted by Crippen LogP contribution is 2.41. The first-order valence-corrected chi connectivity index (χ1v) is 33.0. The van der Waals surface area contributed by atoms with Gasteiger partial charge in [-0.05, 0) is 60.9 Å². The van der Waals surface area contributed by atoms with Crippen LogP contribution in [0.25, 0.3) is 0 Å². The average molecular weight is 1230 g/mol. The summed E-state index contributed by atoms with van der Waals surface area (Å²) in [7, 11) is -3.30. The number of benzene rings is 9. The number of ether oxygens (including phenoxy) is 9. The molecule has 1 aliphatic carbocycles. The van der Waals surface area contributed by atoms with Gasteiger partial charge in [-0.25, -0.2) is 4.79 Å². The number of hydrogen-bond donors (Lipinski definition) is 1. The van der Waals surface area contributed by atoms with Crippen LogP contribution in [0.4, 0.5) is 0 Å². The molecule has 0 spiro atoms. The summed E-state index contributed by atoms with van der Waals surface area (Å²) in [6.07, 6.45) is -12.8. The quantitative estimate of drug-likeness (QED) is 0.0389. The molecule has 11 atom stereocenters. The van der Waals surface area contributed by atoms with E-state index in [0.29, 0.717) is 5.56 Å². The van der Waals surface area contributed by atoms with E-state index in [-0.39, 0.29) is 46.2 Å². The lowest BCUT2D eigenvalue weighted by atomic mass is 9.83. The third kappa shape index (κ3) is 16.0. The molecule has 1 heterocycles. The Morgan fingerprint density at radius 1 is 0.378 bits per heavy atom. The van der Waals surface area contributed by atoms with Crippen LogP contribution in [-0.4, -0.2) is 93.3 Å². The van der Waals surface area contributed by atoms with Gasteiger partial charge in [0.2, 0.25) is 0 Å². The fourth-order valence-electron chi connectivity index (χ4n) is 12.2. The summed E-state index contributed by atoms with van der Waals surface area (Å²) in [5.41, 5.74) is 5.59. The highest BCUT2D eigenvalue weighted by atomic mass is 28.4. The third-order valence-electron chi connectivity index (χ3n) is 16.7. The maximum absolute atomic E-state index is 15.0. The molecular weight excluding hydrogens is 1140 g/mol. The van der Waals surface area contributed by atoms with Crippen LogP contribution >= 0.6 is 0 Å². The van der Waals surface area contributed by atoms with Crippen LogP contribution in [0.5, 0.6) is 0 Å². The second kappa shape index (κ2) is 31.3. The zero-order valence-corrected chi connectivity index (χ0v) is 52.2. The summed E-state index contributed by atoms with van der Waals surface area (Å²) in [6.45, 7) is 7.34. The summed E-state index contributed by atoms with van der Waals surface area (Å²) in [4.78, 5) is 15.0. The van der Waals surface area contributed by atoms with Gasteiger partial charge >= 0.3 is 5.97 Å². The number of aliphatic hydroxyl groups is 1. The smallest absolute Gasteiger partial charge is 0.338 e. The van der Waals surface area contributed by atoms with E-state index in [1.165, 1.54) is 0 Å². The van der Waals surface area contributed by atoms with Crippen molar-refractivity contribution >= 4 is 24.7 Å². The van der Waals surface area contributed by atoms with Crippen LogP contribution in [0.15, 0.2) is 273 Å². The number of carbonyl (C=O) groups is 1. The highest BCUT2D eigenvalue weighted by molar-refractivity contribution is 6.99. The molecule has 2 fully saturated rings. The van der Waals surface area contributed by atoms with E-state index in [1.807, 2.05) is 200 Å². The largest absolute Gasteiger partial charge is 0.450 e. The molecule has 2 aliphatic rings. The molecule has 0 bridgehead atoms. The summed E-state index contributed by atoms with van der Waals surface area (Å²) in [5.74, 6) is -0.647. The van der Waals surface area contributed by atoms with Gasteiger partial charge in [-0.2, -0.15) is 0 Å². The minimum Gasteiger partial charge on any atom is -0.450 e. The van der Waals surface area contributed by atoms with E-state index < -0.39 is 86.7 Å². The van der Waals surface area contributed by atoms with Gasteiger partial charge in [-0.15, -0.1) is 0 Å². The Labute approximate surface area is 530 Å². The molecule has 12 nitrogen and oxygen atoms in total. The molecule has 13 heteroatoms. The molecule has 1 N–H and O–H groups in total. The molecule has 0 unspecified atom stereocenters. The minimum absolute atomic E-state index is 0.0233. The fourth-order valence-corrected chi connectivity index (χ4v) is 16.8. The van der Waals surface area contributed by atoms with E-state index in [1.54, 1.807) is 24.3 Å². The van der Waals surface area contributed by atoms with E-state index in [9.17, 15) is 5.11 Å². The summed E-state index contributed by atoms with van der Waals surface area (Å²) in [6, 6.07) is 88.7. The van der Waals surface area contributed by atoms with E-state index in [0.717, 1.165) is 43.8 Å². The summed E-state index contributed by atoms with van der Waals surface area (Å²) in [5, 5.41) is 15.1. The van der Waals surface area contributed by atoms with Crippen molar-refractivity contribution in [2.45, 2.75) is 133 Å². The minimum atomic E-state index is -3.30. The Morgan fingerprint density at radius 3 is 1.02 bits per heavy atom. The molecule has 1 saturated heterocycles. The van der Waals surface area contributed by atoms with Crippen molar-refractivity contribution in [1.82, 2.24) is 0 Å². The summed E-state index contributed by atoms with van der Waals surface area (Å²) >= 11 is 0. The van der Waals surface area contributed by atoms with Crippen LogP contribution < -0.4 is 10.4 Å². The first-order chi connectivity index (χ1) is 44.1. The van der Waals surface area contributed by atoms with Gasteiger partial charge in [-0.1, -0.05) is 282 Å². The van der Waals surface area contributed by atoms with Gasteiger partial charge < -0.3 is 52.2 Å². The Hall–Kier alpha value is -7.73. The number of aliphatic hydroxyl groups excluding tert-OH is 1. The SMILES string of the molecule is CC(C)(C)[Si](OC[C@H]1O[C@H](O[C@@H]2[C@@H](OCc3ccccc3)[C@H](OCc3ccccc3)[C@@H](OCc3ccccc3)[C@@H](O)[C@H]2OCc2ccccc2)[C@@H](OC(=O)c2ccccc2)[C@@H](OCc2ccccc2)[C@@H]1OCc1ccccc1)(c1ccccc1)c1ccccc1. The standard InChI is InChI=1S/C77H80O12Si/c1-77(2,3)90(63-45-27-11-28-46-63,64-47-29-12-30-48-64)86-55-65-67(80-49-56-31-13-4-14-32-56)70(83-52-59-37-19-7-20-38-59)74(88-75(79)62-43-25-10-26-44-62)76(87-65)89-73-69(82-51-58-35-17-6-18-36-58)66(78)68(81-50-57-33-15-5-16-34-57)71(84-53-60-39-21-8-22-40-60)72(73)85-54-61-41-23-9-24-42-61/h4-48,65-74,76,78H,49-55H2,1-3H3/t65-,66-,67-,68+,69-,70+,71-,72+,73+,74+,76-/m1/s1. The van der Waals surface area contributed by atoms with Crippen molar-refractivity contribution in [3.63, 3.8) is 0 Å². The van der Waals surface area contributed by atoms with Crippen molar-refractivity contribution in [1.29, 1.82) is 0 Å². The van der Waals surface area contributed by atoms with Gasteiger partial charge in [0.15, 0.2) is 12.4 Å². The molecule has 0 amide bonds. The highest BCUT2D eigenvalue weighted by Gasteiger charge is 2.59. The number of esters is 1. The number of hydrogen-bond acceptors (Lipinski definition) is 12. The fraction of sp³-hybridized carbons (Fsp3) is 0.286. The lowest BCUT2D eigenvalue weighted by Crippen LogP contribution is -2.70. The normalized spacial score (nSPS) is 22.8. The van der Waals surface area contributed by atoms with Gasteiger partial charge in [-0.3, -0.25) is 0 Å². The topological polar surface area (TPSA) is 130 Å². The Morgan fingerprint density at radius 2 is 0.667 bits per heavy atom. The molecule has 11 rings (SSSR count). The van der Waals surface area contributed by atoms with E-state index in [2.05, 4.69) is 69.3 Å². The van der Waals surface area contributed by atoms with Crippen LogP contribution in [-0.2, 0) is 86.7 Å². The van der Waals surface area contributed by atoms with E-state index >= 15 is 4.79 Å². The lowest BCUT2D eigenvalue weighted by molar-refractivity contribution is -0.356. The predicted octanol–water partition coefficient (Wildman–Crippen LogP) is 12.8. The maximum Gasteiger partial charge on any atom is 0.338 e. The zero-order chi connectivity index (χ0) is 62.0. The zero-order valence-electron chi connectivity index (χ0n) is 51.2. The molecular formula is C77H80O12Si. The third-order valence-corrected chi connectivity index (χ3v) is 21.7. The monoisotopic (exact) mass is 1220 g/mol. The lowest BCUT2D eigenvalue weighted by Gasteiger charge is -2.51. The number of rotatable bonds is 27. The Kier molecular flexibility index (Phi) is 22.2. The second-order valence-corrected chi connectivity index (χ2v) is 28.2. The summed E-state index contributed by atoms with van der Waals surface area (Å²) < 4.78 is 72.8. The number of carbonyl (C=O) groups excluding carboxylic acids is 1. The van der Waals surface area contributed by atoms with Crippen molar-refractivity contribution < 1.29 is 57.0 Å². The first-order valence-electron chi connectivity index (χ1n) is 31.0. The molecule has 0 aromatic heterocycles. The molecule has 9 aromatic rings. The van der Waals surface area contributed by atoms with Crippen molar-refractivity contribution in [3.8, 4) is 0 Å². The van der Waals surface area contributed by atoms with Crippen LogP contribution in [0.1, 0.15) is 64.5 Å². The molecule has 1 saturated carbocycles. The van der Waals surface area contributed by atoms with Gasteiger partial charge in [0.1, 0.15) is 54.9 Å². The van der Waals surface area contributed by atoms with Gasteiger partial charge in [0.25, 0.3) is 8.32 Å². The van der Waals surface area contributed by atoms with Crippen LogP contribution in [0, 0.1) is 0 Å². The van der Waals surface area contributed by atoms with Gasteiger partial charge in [0, 0.05) is 0 Å². The maximum atomic E-state index is 15.0. The average Bonchev–Trinajstić information content (AvgIpc) is 0.908. The molecule has 9 aromatic carbocycles. The van der Waals surface area contributed by atoms with E-state index in [4.69, 9.17) is 47.1 Å². The first kappa shape index (κ1) is 63.8. The van der Waals surface area contributed by atoms with Gasteiger partial charge in [0.05, 0.1) is 51.8 Å². The van der Waals surface area contributed by atoms with Crippen molar-refractivity contribution in [3.05, 3.63) is 312 Å². The predicted molar refractivity (Wildman–Crippen MR) is 349 cm³/mol. The van der Waals surface area contributed by atoms with Crippen LogP contribution in [0.2, 0.25) is 5.04 Å². The Bertz CT molecular complexity index is 3480. The molecule has 1 aliphatic heterocycles. The molecule has 464 valence electrons. The molecule has 0 radical (unpaired) electrons.